The maximum atomic E-state index is 10.9. The fourth-order valence-electron chi connectivity index (χ4n) is 0.953. The molecule has 9 heteroatoms. The Balaban J connectivity index is 2.64. The lowest BCUT2D eigenvalue weighted by atomic mass is 10.7. The third-order valence-corrected chi connectivity index (χ3v) is 2.73. The van der Waals surface area contributed by atoms with Crippen LogP contribution in [-0.2, 0) is 9.84 Å². The Bertz CT molecular complexity index is 480. The van der Waals surface area contributed by atoms with Crippen molar-refractivity contribution < 1.29 is 13.2 Å². The average Bonchev–Trinajstić information content (AvgIpc) is 2.15. The zero-order chi connectivity index (χ0) is 12.9. The highest BCUT2D eigenvalue weighted by molar-refractivity contribution is 7.90. The predicted molar refractivity (Wildman–Crippen MR) is 64.2 cm³/mol. The van der Waals surface area contributed by atoms with Crippen molar-refractivity contribution in [3.05, 3.63) is 5.28 Å². The van der Waals surface area contributed by atoms with Crippen molar-refractivity contribution in [1.82, 2.24) is 15.0 Å². The van der Waals surface area contributed by atoms with Gasteiger partial charge in [0, 0.05) is 12.8 Å². The highest BCUT2D eigenvalue weighted by Gasteiger charge is 2.06. The molecular weight excluding hydrogens is 268 g/mol. The summed E-state index contributed by atoms with van der Waals surface area (Å²) < 4.78 is 26.9. The molecule has 0 aliphatic rings. The van der Waals surface area contributed by atoms with Crippen molar-refractivity contribution in [1.29, 1.82) is 0 Å². The number of rotatable bonds is 6. The molecule has 7 nitrogen and oxygen atoms in total. The first-order valence-corrected chi connectivity index (χ1v) is 7.30. The first kappa shape index (κ1) is 13.9. The highest BCUT2D eigenvalue weighted by Crippen LogP contribution is 2.10. The molecular formula is C8H13ClN4O3S. The summed E-state index contributed by atoms with van der Waals surface area (Å²) >= 11 is 5.65. The molecule has 0 bridgehead atoms. The van der Waals surface area contributed by atoms with Crippen LogP contribution in [0.3, 0.4) is 0 Å². The summed E-state index contributed by atoms with van der Waals surface area (Å²) in [6, 6.07) is 0.106. The van der Waals surface area contributed by atoms with Crippen LogP contribution in [0.2, 0.25) is 5.28 Å². The minimum absolute atomic E-state index is 0.00898. The number of hydrogen-bond acceptors (Lipinski definition) is 7. The fourth-order valence-corrected chi connectivity index (χ4v) is 1.58. The standard InChI is InChI=1S/C8H13ClN4O3S/c1-3-16-8-12-6(9)11-7(13-8)10-4-5-17(2,14)15/h3-5H2,1-2H3,(H,10,11,12,13). The van der Waals surface area contributed by atoms with E-state index in [1.165, 1.54) is 0 Å². The summed E-state index contributed by atoms with van der Waals surface area (Å²) in [4.78, 5) is 11.4. The summed E-state index contributed by atoms with van der Waals surface area (Å²) in [5.74, 6) is 0.178. The number of halogens is 1. The molecule has 0 saturated carbocycles. The van der Waals surface area contributed by atoms with E-state index < -0.39 is 9.84 Å². The molecule has 0 unspecified atom stereocenters. The van der Waals surface area contributed by atoms with Gasteiger partial charge in [0.2, 0.25) is 11.2 Å². The van der Waals surface area contributed by atoms with E-state index in [0.717, 1.165) is 6.26 Å². The maximum Gasteiger partial charge on any atom is 0.322 e. The van der Waals surface area contributed by atoms with E-state index >= 15 is 0 Å². The SMILES string of the molecule is CCOc1nc(Cl)nc(NCCS(C)(=O)=O)n1. The van der Waals surface area contributed by atoms with Crippen molar-refractivity contribution in [2.75, 3.05) is 30.5 Å². The van der Waals surface area contributed by atoms with Crippen molar-refractivity contribution in [3.63, 3.8) is 0 Å². The van der Waals surface area contributed by atoms with Gasteiger partial charge in [-0.05, 0) is 18.5 Å². The van der Waals surface area contributed by atoms with E-state index in [9.17, 15) is 8.42 Å². The number of ether oxygens (including phenoxy) is 1. The van der Waals surface area contributed by atoms with Crippen LogP contribution in [0.25, 0.3) is 0 Å². The van der Waals surface area contributed by atoms with E-state index in [1.54, 1.807) is 6.92 Å². The van der Waals surface area contributed by atoms with Crippen LogP contribution in [0, 0.1) is 0 Å². The van der Waals surface area contributed by atoms with Gasteiger partial charge in [-0.15, -0.1) is 0 Å². The molecule has 0 radical (unpaired) electrons. The maximum absolute atomic E-state index is 10.9. The number of hydrogen-bond donors (Lipinski definition) is 1. The lowest BCUT2D eigenvalue weighted by molar-refractivity contribution is 0.312. The minimum Gasteiger partial charge on any atom is -0.464 e. The molecule has 1 aromatic rings. The van der Waals surface area contributed by atoms with Gasteiger partial charge in [-0.2, -0.15) is 15.0 Å². The second-order valence-corrected chi connectivity index (χ2v) is 5.80. The largest absolute Gasteiger partial charge is 0.464 e. The zero-order valence-corrected chi connectivity index (χ0v) is 11.0. The van der Waals surface area contributed by atoms with E-state index in [0.29, 0.717) is 6.61 Å². The summed E-state index contributed by atoms with van der Waals surface area (Å²) in [6.07, 6.45) is 1.15. The average molecular weight is 281 g/mol. The molecule has 1 aromatic heterocycles. The highest BCUT2D eigenvalue weighted by atomic mass is 35.5. The monoisotopic (exact) mass is 280 g/mol. The van der Waals surface area contributed by atoms with E-state index in [1.807, 2.05) is 0 Å². The molecule has 0 atom stereocenters. The molecule has 0 aromatic carbocycles. The van der Waals surface area contributed by atoms with Gasteiger partial charge in [0.25, 0.3) is 0 Å². The molecule has 96 valence electrons. The van der Waals surface area contributed by atoms with Crippen LogP contribution in [0.4, 0.5) is 5.95 Å². The Kier molecular flexibility index (Phi) is 4.88. The van der Waals surface area contributed by atoms with Crippen LogP contribution in [0.1, 0.15) is 6.92 Å². The Hall–Kier alpha value is -1.15. The summed E-state index contributed by atoms with van der Waals surface area (Å²) in [7, 11) is -3.02. The van der Waals surface area contributed by atoms with Gasteiger partial charge >= 0.3 is 6.01 Å². The summed E-state index contributed by atoms with van der Waals surface area (Å²) in [6.45, 7) is 2.39. The quantitative estimate of drug-likeness (QED) is 0.805. The normalized spacial score (nSPS) is 11.2. The van der Waals surface area contributed by atoms with Gasteiger partial charge < -0.3 is 10.1 Å². The number of sulfone groups is 1. The molecule has 0 aliphatic heterocycles. The smallest absolute Gasteiger partial charge is 0.322 e. The first-order chi connectivity index (χ1) is 7.90. The third kappa shape index (κ3) is 5.64. The molecule has 0 aliphatic carbocycles. The lowest BCUT2D eigenvalue weighted by Gasteiger charge is -2.06. The number of anilines is 1. The van der Waals surface area contributed by atoms with E-state index in [4.69, 9.17) is 16.3 Å². The van der Waals surface area contributed by atoms with Crippen LogP contribution >= 0.6 is 11.6 Å². The topological polar surface area (TPSA) is 94.1 Å². The van der Waals surface area contributed by atoms with Crippen LogP contribution in [-0.4, -0.2) is 48.5 Å². The Labute approximate surface area is 105 Å². The molecule has 1 rings (SSSR count). The Morgan fingerprint density at radius 1 is 1.35 bits per heavy atom. The Morgan fingerprint density at radius 2 is 2.06 bits per heavy atom. The van der Waals surface area contributed by atoms with Crippen molar-refractivity contribution in [2.45, 2.75) is 6.92 Å². The molecule has 0 spiro atoms. The minimum atomic E-state index is -3.02. The molecule has 17 heavy (non-hydrogen) atoms. The zero-order valence-electron chi connectivity index (χ0n) is 9.47. The summed E-state index contributed by atoms with van der Waals surface area (Å²) in [5, 5.41) is 2.73. The molecule has 0 amide bonds. The first-order valence-electron chi connectivity index (χ1n) is 4.86. The molecule has 0 saturated heterocycles. The third-order valence-electron chi connectivity index (χ3n) is 1.62. The van der Waals surface area contributed by atoms with Gasteiger partial charge in [0.05, 0.1) is 12.4 Å². The molecule has 1 heterocycles. The Morgan fingerprint density at radius 3 is 2.65 bits per heavy atom. The van der Waals surface area contributed by atoms with Gasteiger partial charge in [-0.3, -0.25) is 0 Å². The van der Waals surface area contributed by atoms with Crippen LogP contribution in [0.5, 0.6) is 6.01 Å². The van der Waals surface area contributed by atoms with Crippen LogP contribution in [0.15, 0.2) is 0 Å². The van der Waals surface area contributed by atoms with E-state index in [2.05, 4.69) is 20.3 Å². The van der Waals surface area contributed by atoms with Gasteiger partial charge in [-0.25, -0.2) is 8.42 Å². The number of aromatic nitrogens is 3. The van der Waals surface area contributed by atoms with E-state index in [-0.39, 0.29) is 29.5 Å². The number of nitrogens with one attached hydrogen (secondary N) is 1. The number of nitrogens with zero attached hydrogens (tertiary/aromatic N) is 3. The molecule has 0 fully saturated rings. The van der Waals surface area contributed by atoms with Crippen molar-refractivity contribution in [2.24, 2.45) is 0 Å². The van der Waals surface area contributed by atoms with Gasteiger partial charge in [0.1, 0.15) is 9.84 Å². The lowest BCUT2D eigenvalue weighted by Crippen LogP contribution is -2.16. The summed E-state index contributed by atoms with van der Waals surface area (Å²) in [5.41, 5.74) is 0. The van der Waals surface area contributed by atoms with Crippen molar-refractivity contribution in [3.8, 4) is 6.01 Å². The van der Waals surface area contributed by atoms with Gasteiger partial charge in [0.15, 0.2) is 0 Å². The van der Waals surface area contributed by atoms with Crippen LogP contribution < -0.4 is 10.1 Å². The second-order valence-electron chi connectivity index (χ2n) is 3.20. The van der Waals surface area contributed by atoms with Crippen molar-refractivity contribution >= 4 is 27.4 Å². The molecule has 1 N–H and O–H groups in total. The van der Waals surface area contributed by atoms with Gasteiger partial charge in [-0.1, -0.05) is 0 Å². The predicted octanol–water partition coefficient (Wildman–Crippen LogP) is 0.380. The second kappa shape index (κ2) is 5.97. The fraction of sp³-hybridized carbons (Fsp3) is 0.625.